The van der Waals surface area contributed by atoms with Crippen LogP contribution in [0.2, 0.25) is 0 Å². The van der Waals surface area contributed by atoms with Gasteiger partial charge in [-0.2, -0.15) is 0 Å². The number of aldehydes is 1. The first-order valence-corrected chi connectivity index (χ1v) is 5.40. The standard InChI is InChI=1S/C13H16F2O/c1-8(2)10-4-5-11(14)12(13(10)15)9(3)6-7-16/h4-5,7-9H,6H2,1-3H3. The highest BCUT2D eigenvalue weighted by Crippen LogP contribution is 2.29. The van der Waals surface area contributed by atoms with E-state index in [4.69, 9.17) is 0 Å². The average molecular weight is 226 g/mol. The number of rotatable bonds is 4. The fraction of sp³-hybridized carbons (Fsp3) is 0.462. The maximum absolute atomic E-state index is 14.0. The minimum atomic E-state index is -0.573. The third-order valence-corrected chi connectivity index (χ3v) is 2.72. The molecule has 0 aliphatic heterocycles. The van der Waals surface area contributed by atoms with Gasteiger partial charge in [-0.3, -0.25) is 0 Å². The first-order valence-electron chi connectivity index (χ1n) is 5.40. The highest BCUT2D eigenvalue weighted by Gasteiger charge is 2.20. The third-order valence-electron chi connectivity index (χ3n) is 2.72. The lowest BCUT2D eigenvalue weighted by Crippen LogP contribution is -2.06. The minimum absolute atomic E-state index is 0.00258. The summed E-state index contributed by atoms with van der Waals surface area (Å²) in [5.41, 5.74) is 0.521. The summed E-state index contributed by atoms with van der Waals surface area (Å²) < 4.78 is 27.5. The average Bonchev–Trinajstić information content (AvgIpc) is 2.17. The Morgan fingerprint density at radius 2 is 1.88 bits per heavy atom. The first kappa shape index (κ1) is 12.8. The molecule has 1 nitrogen and oxygen atoms in total. The normalized spacial score (nSPS) is 12.9. The summed E-state index contributed by atoms with van der Waals surface area (Å²) in [6.07, 6.45) is 0.820. The van der Waals surface area contributed by atoms with Crippen LogP contribution in [-0.2, 0) is 4.79 Å². The van der Waals surface area contributed by atoms with Crippen molar-refractivity contribution in [3.05, 3.63) is 34.9 Å². The van der Waals surface area contributed by atoms with E-state index in [0.29, 0.717) is 11.8 Å². The second-order valence-corrected chi connectivity index (χ2v) is 4.32. The Hall–Kier alpha value is -1.25. The van der Waals surface area contributed by atoms with Crippen LogP contribution in [0.25, 0.3) is 0 Å². The van der Waals surface area contributed by atoms with Gasteiger partial charge in [0.15, 0.2) is 0 Å². The molecular weight excluding hydrogens is 210 g/mol. The van der Waals surface area contributed by atoms with Gasteiger partial charge >= 0.3 is 0 Å². The highest BCUT2D eigenvalue weighted by molar-refractivity contribution is 5.52. The molecule has 1 rings (SSSR count). The Morgan fingerprint density at radius 3 is 2.38 bits per heavy atom. The van der Waals surface area contributed by atoms with E-state index in [1.165, 1.54) is 12.1 Å². The molecule has 0 saturated carbocycles. The Bertz CT molecular complexity index is 386. The van der Waals surface area contributed by atoms with Crippen molar-refractivity contribution < 1.29 is 13.6 Å². The molecule has 0 heterocycles. The fourth-order valence-corrected chi connectivity index (χ4v) is 1.75. The van der Waals surface area contributed by atoms with Gasteiger partial charge in [0, 0.05) is 12.0 Å². The van der Waals surface area contributed by atoms with Gasteiger partial charge in [-0.05, 0) is 23.5 Å². The van der Waals surface area contributed by atoms with Crippen LogP contribution in [0.5, 0.6) is 0 Å². The summed E-state index contributed by atoms with van der Waals surface area (Å²) in [7, 11) is 0. The van der Waals surface area contributed by atoms with Crippen molar-refractivity contribution in [2.75, 3.05) is 0 Å². The molecule has 1 atom stereocenters. The maximum Gasteiger partial charge on any atom is 0.133 e. The molecule has 0 aromatic heterocycles. The molecule has 3 heteroatoms. The summed E-state index contributed by atoms with van der Waals surface area (Å²) in [4.78, 5) is 10.4. The number of benzene rings is 1. The summed E-state index contributed by atoms with van der Waals surface area (Å²) in [6.45, 7) is 5.36. The second kappa shape index (κ2) is 5.19. The topological polar surface area (TPSA) is 17.1 Å². The molecule has 1 unspecified atom stereocenters. The predicted molar refractivity (Wildman–Crippen MR) is 59.5 cm³/mol. The molecule has 0 bridgehead atoms. The van der Waals surface area contributed by atoms with Crippen molar-refractivity contribution >= 4 is 6.29 Å². The minimum Gasteiger partial charge on any atom is -0.303 e. The molecule has 0 radical (unpaired) electrons. The maximum atomic E-state index is 14.0. The Labute approximate surface area is 94.5 Å². The monoisotopic (exact) mass is 226 g/mol. The van der Waals surface area contributed by atoms with Crippen molar-refractivity contribution in [2.24, 2.45) is 0 Å². The number of hydrogen-bond acceptors (Lipinski definition) is 1. The Kier molecular flexibility index (Phi) is 4.16. The van der Waals surface area contributed by atoms with E-state index in [2.05, 4.69) is 0 Å². The summed E-state index contributed by atoms with van der Waals surface area (Å²) in [6, 6.07) is 2.74. The van der Waals surface area contributed by atoms with Crippen LogP contribution in [0, 0.1) is 11.6 Å². The smallest absolute Gasteiger partial charge is 0.133 e. The molecule has 0 spiro atoms. The zero-order valence-corrected chi connectivity index (χ0v) is 9.76. The van der Waals surface area contributed by atoms with Crippen LogP contribution in [0.15, 0.2) is 12.1 Å². The van der Waals surface area contributed by atoms with Crippen molar-refractivity contribution in [1.82, 2.24) is 0 Å². The van der Waals surface area contributed by atoms with Crippen LogP contribution in [0.3, 0.4) is 0 Å². The van der Waals surface area contributed by atoms with E-state index in [1.54, 1.807) is 6.92 Å². The van der Waals surface area contributed by atoms with Gasteiger partial charge in [0.1, 0.15) is 17.9 Å². The van der Waals surface area contributed by atoms with E-state index < -0.39 is 17.6 Å². The molecule has 0 aliphatic rings. The molecule has 1 aromatic rings. The van der Waals surface area contributed by atoms with E-state index in [1.807, 2.05) is 13.8 Å². The molecular formula is C13H16F2O. The van der Waals surface area contributed by atoms with Crippen molar-refractivity contribution in [2.45, 2.75) is 39.0 Å². The second-order valence-electron chi connectivity index (χ2n) is 4.32. The lowest BCUT2D eigenvalue weighted by Gasteiger charge is -2.15. The third kappa shape index (κ3) is 2.46. The van der Waals surface area contributed by atoms with Gasteiger partial charge in [-0.15, -0.1) is 0 Å². The number of halogens is 2. The lowest BCUT2D eigenvalue weighted by atomic mass is 9.92. The van der Waals surface area contributed by atoms with Gasteiger partial charge in [-0.25, -0.2) is 8.78 Å². The van der Waals surface area contributed by atoms with Crippen LogP contribution >= 0.6 is 0 Å². The molecule has 0 saturated heterocycles. The van der Waals surface area contributed by atoms with Crippen molar-refractivity contribution in [3.8, 4) is 0 Å². The quantitative estimate of drug-likeness (QED) is 0.714. The van der Waals surface area contributed by atoms with Crippen LogP contribution in [-0.4, -0.2) is 6.29 Å². The Balaban J connectivity index is 3.25. The largest absolute Gasteiger partial charge is 0.303 e. The zero-order chi connectivity index (χ0) is 12.3. The van der Waals surface area contributed by atoms with E-state index in [-0.39, 0.29) is 17.9 Å². The van der Waals surface area contributed by atoms with Gasteiger partial charge < -0.3 is 4.79 Å². The van der Waals surface area contributed by atoms with Crippen LogP contribution < -0.4 is 0 Å². The molecule has 0 aliphatic carbocycles. The van der Waals surface area contributed by atoms with E-state index >= 15 is 0 Å². The number of carbonyl (C=O) groups is 1. The fourth-order valence-electron chi connectivity index (χ4n) is 1.75. The zero-order valence-electron chi connectivity index (χ0n) is 9.76. The van der Waals surface area contributed by atoms with E-state index in [0.717, 1.165) is 0 Å². The van der Waals surface area contributed by atoms with Gasteiger partial charge in [0.2, 0.25) is 0 Å². The number of hydrogen-bond donors (Lipinski definition) is 0. The van der Waals surface area contributed by atoms with Crippen molar-refractivity contribution in [3.63, 3.8) is 0 Å². The summed E-state index contributed by atoms with van der Waals surface area (Å²) in [5, 5.41) is 0. The molecule has 0 fully saturated rings. The molecule has 16 heavy (non-hydrogen) atoms. The van der Waals surface area contributed by atoms with Gasteiger partial charge in [-0.1, -0.05) is 26.8 Å². The molecule has 0 N–H and O–H groups in total. The van der Waals surface area contributed by atoms with Crippen LogP contribution in [0.4, 0.5) is 8.78 Å². The SMILES string of the molecule is CC(C)c1ccc(F)c(C(C)CC=O)c1F. The number of carbonyl (C=O) groups excluding carboxylic acids is 1. The lowest BCUT2D eigenvalue weighted by molar-refractivity contribution is -0.108. The highest BCUT2D eigenvalue weighted by atomic mass is 19.1. The molecule has 88 valence electrons. The van der Waals surface area contributed by atoms with Gasteiger partial charge in [0.25, 0.3) is 0 Å². The first-order chi connectivity index (χ1) is 7.49. The van der Waals surface area contributed by atoms with E-state index in [9.17, 15) is 13.6 Å². The predicted octanol–water partition coefficient (Wildman–Crippen LogP) is 3.78. The van der Waals surface area contributed by atoms with Crippen molar-refractivity contribution in [1.29, 1.82) is 0 Å². The van der Waals surface area contributed by atoms with Gasteiger partial charge in [0.05, 0.1) is 0 Å². The molecule has 1 aromatic carbocycles. The molecule has 0 amide bonds. The summed E-state index contributed by atoms with van der Waals surface area (Å²) in [5.74, 6) is -1.50. The summed E-state index contributed by atoms with van der Waals surface area (Å²) >= 11 is 0. The van der Waals surface area contributed by atoms with Crippen LogP contribution in [0.1, 0.15) is 50.2 Å². The Morgan fingerprint density at radius 1 is 1.25 bits per heavy atom.